The van der Waals surface area contributed by atoms with Crippen LogP contribution in [0.1, 0.15) is 47.9 Å². The highest BCUT2D eigenvalue weighted by atomic mass is 32.2. The van der Waals surface area contributed by atoms with E-state index < -0.39 is 10.0 Å². The van der Waals surface area contributed by atoms with Crippen molar-refractivity contribution in [1.29, 1.82) is 0 Å². The van der Waals surface area contributed by atoms with Gasteiger partial charge in [0.25, 0.3) is 0 Å². The van der Waals surface area contributed by atoms with Crippen molar-refractivity contribution in [2.45, 2.75) is 51.4 Å². The van der Waals surface area contributed by atoms with Gasteiger partial charge in [-0.25, -0.2) is 8.42 Å². The number of nitrogens with one attached hydrogen (secondary N) is 3. The maximum atomic E-state index is 11.3. The van der Waals surface area contributed by atoms with Crippen LogP contribution in [0.3, 0.4) is 0 Å². The van der Waals surface area contributed by atoms with Crippen LogP contribution >= 0.6 is 0 Å². The lowest BCUT2D eigenvalue weighted by Gasteiger charge is -2.14. The molecule has 0 amide bonds. The van der Waals surface area contributed by atoms with Crippen molar-refractivity contribution in [1.82, 2.24) is 10.6 Å². The van der Waals surface area contributed by atoms with Gasteiger partial charge in [0.15, 0.2) is 11.5 Å². The lowest BCUT2D eigenvalue weighted by Crippen LogP contribution is -2.20. The number of phenols is 3. The highest BCUT2D eigenvalue weighted by Crippen LogP contribution is 2.32. The molecule has 3 aromatic rings. The Hall–Kier alpha value is -3.27. The van der Waals surface area contributed by atoms with Gasteiger partial charge in [0.2, 0.25) is 10.0 Å². The molecule has 6 N–H and O–H groups in total. The molecule has 0 spiro atoms. The standard InChI is InChI=1S/C31H43N3O5S/c1-40(38,39)34-27-13-9-24(10-14-27)17-21-32-19-4-2-3-5-20-33-22-18-26-12-16-30(36)31(37)29(26)15-11-25-7-6-8-28(35)23-25/h6-10,12-14,16,23,32-37H,2-5,11,15,17-22H2,1H3. The van der Waals surface area contributed by atoms with Crippen LogP contribution in [0.4, 0.5) is 5.69 Å². The van der Waals surface area contributed by atoms with Crippen molar-refractivity contribution in [3.05, 3.63) is 82.9 Å². The van der Waals surface area contributed by atoms with E-state index in [1.807, 2.05) is 24.3 Å². The van der Waals surface area contributed by atoms with Crippen molar-refractivity contribution in [2.75, 3.05) is 37.2 Å². The van der Waals surface area contributed by atoms with Crippen LogP contribution in [0.25, 0.3) is 0 Å². The van der Waals surface area contributed by atoms with E-state index in [0.717, 1.165) is 74.8 Å². The Morgan fingerprint density at radius 1 is 0.675 bits per heavy atom. The van der Waals surface area contributed by atoms with Crippen LogP contribution in [-0.4, -0.2) is 56.2 Å². The number of aromatic hydroxyl groups is 3. The average Bonchev–Trinajstić information content (AvgIpc) is 2.91. The first-order valence-electron chi connectivity index (χ1n) is 14.0. The van der Waals surface area contributed by atoms with E-state index in [0.29, 0.717) is 18.5 Å². The quantitative estimate of drug-likeness (QED) is 0.0983. The maximum Gasteiger partial charge on any atom is 0.229 e. The van der Waals surface area contributed by atoms with Crippen molar-refractivity contribution in [3.8, 4) is 17.2 Å². The molecule has 0 bridgehead atoms. The number of phenolic OH excluding ortho intramolecular Hbond substituents is 3. The second-order valence-electron chi connectivity index (χ2n) is 10.2. The Kier molecular flexibility index (Phi) is 12.6. The average molecular weight is 570 g/mol. The topological polar surface area (TPSA) is 131 Å². The van der Waals surface area contributed by atoms with Crippen LogP contribution in [0, 0.1) is 0 Å². The van der Waals surface area contributed by atoms with Gasteiger partial charge < -0.3 is 26.0 Å². The van der Waals surface area contributed by atoms with Gasteiger partial charge in [-0.2, -0.15) is 0 Å². The molecule has 0 aliphatic rings. The molecule has 0 unspecified atom stereocenters. The summed E-state index contributed by atoms with van der Waals surface area (Å²) in [6, 6.07) is 18.0. The Labute approximate surface area is 238 Å². The van der Waals surface area contributed by atoms with Crippen LogP contribution in [0.5, 0.6) is 17.2 Å². The van der Waals surface area contributed by atoms with E-state index >= 15 is 0 Å². The maximum absolute atomic E-state index is 11.3. The van der Waals surface area contributed by atoms with E-state index in [-0.39, 0.29) is 17.2 Å². The van der Waals surface area contributed by atoms with Gasteiger partial charge in [0.1, 0.15) is 5.75 Å². The summed E-state index contributed by atoms with van der Waals surface area (Å²) in [5, 5.41) is 37.1. The molecule has 3 rings (SSSR count). The second-order valence-corrected chi connectivity index (χ2v) is 12.0. The molecular formula is C31H43N3O5S. The van der Waals surface area contributed by atoms with Crippen molar-refractivity contribution >= 4 is 15.7 Å². The highest BCUT2D eigenvalue weighted by Gasteiger charge is 2.12. The predicted molar refractivity (Wildman–Crippen MR) is 162 cm³/mol. The first-order chi connectivity index (χ1) is 19.2. The Balaban J connectivity index is 1.24. The highest BCUT2D eigenvalue weighted by molar-refractivity contribution is 7.92. The van der Waals surface area contributed by atoms with E-state index in [4.69, 9.17) is 0 Å². The SMILES string of the molecule is CS(=O)(=O)Nc1ccc(CCNCCCCCCNCCc2ccc(O)c(O)c2CCc2cccc(O)c2)cc1. The third kappa shape index (κ3) is 11.5. The number of unbranched alkanes of at least 4 members (excludes halogenated alkanes) is 3. The van der Waals surface area contributed by atoms with Crippen molar-refractivity contribution < 1.29 is 23.7 Å². The monoisotopic (exact) mass is 569 g/mol. The zero-order valence-corrected chi connectivity index (χ0v) is 24.1. The zero-order valence-electron chi connectivity index (χ0n) is 23.3. The van der Waals surface area contributed by atoms with Gasteiger partial charge in [0.05, 0.1) is 6.26 Å². The van der Waals surface area contributed by atoms with Crippen LogP contribution < -0.4 is 15.4 Å². The van der Waals surface area contributed by atoms with Crippen molar-refractivity contribution in [2.24, 2.45) is 0 Å². The van der Waals surface area contributed by atoms with Gasteiger partial charge in [-0.05, 0) is 112 Å². The molecule has 0 aliphatic heterocycles. The fourth-order valence-corrected chi connectivity index (χ4v) is 5.24. The number of anilines is 1. The van der Waals surface area contributed by atoms with Crippen molar-refractivity contribution in [3.63, 3.8) is 0 Å². The molecule has 0 fully saturated rings. The first-order valence-corrected chi connectivity index (χ1v) is 15.9. The van der Waals surface area contributed by atoms with Gasteiger partial charge in [-0.3, -0.25) is 4.72 Å². The summed E-state index contributed by atoms with van der Waals surface area (Å²) in [5.74, 6) is 0.0746. The molecule has 9 heteroatoms. The van der Waals surface area contributed by atoms with Crippen LogP contribution in [0.15, 0.2) is 60.7 Å². The smallest absolute Gasteiger partial charge is 0.229 e. The number of hydrogen-bond donors (Lipinski definition) is 6. The van der Waals surface area contributed by atoms with Crippen LogP contribution in [0.2, 0.25) is 0 Å². The fraction of sp³-hybridized carbons (Fsp3) is 0.419. The number of aryl methyl sites for hydroxylation is 1. The van der Waals surface area contributed by atoms with Crippen LogP contribution in [-0.2, 0) is 35.7 Å². The third-order valence-corrected chi connectivity index (χ3v) is 7.42. The van der Waals surface area contributed by atoms with Gasteiger partial charge in [0, 0.05) is 11.3 Å². The first kappa shape index (κ1) is 31.3. The minimum atomic E-state index is -3.24. The molecule has 0 aromatic heterocycles. The summed E-state index contributed by atoms with van der Waals surface area (Å²) < 4.78 is 25.0. The van der Waals surface area contributed by atoms with Gasteiger partial charge in [-0.1, -0.05) is 43.2 Å². The lowest BCUT2D eigenvalue weighted by atomic mass is 9.96. The summed E-state index contributed by atoms with van der Waals surface area (Å²) in [4.78, 5) is 0. The Bertz CT molecular complexity index is 1300. The largest absolute Gasteiger partial charge is 0.508 e. The number of benzene rings is 3. The molecule has 40 heavy (non-hydrogen) atoms. The molecule has 8 nitrogen and oxygen atoms in total. The van der Waals surface area contributed by atoms with Gasteiger partial charge in [-0.15, -0.1) is 0 Å². The third-order valence-electron chi connectivity index (χ3n) is 6.81. The molecule has 0 saturated heterocycles. The number of rotatable bonds is 18. The summed E-state index contributed by atoms with van der Waals surface area (Å²) in [6.07, 6.45) is 8.65. The van der Waals surface area contributed by atoms with Gasteiger partial charge >= 0.3 is 0 Å². The second kappa shape index (κ2) is 16.1. The van der Waals surface area contributed by atoms with E-state index in [9.17, 15) is 23.7 Å². The predicted octanol–water partition coefficient (Wildman–Crippen LogP) is 4.48. The fourth-order valence-electron chi connectivity index (χ4n) is 4.67. The normalized spacial score (nSPS) is 11.5. The molecule has 0 radical (unpaired) electrons. The zero-order chi connectivity index (χ0) is 28.8. The molecule has 3 aromatic carbocycles. The lowest BCUT2D eigenvalue weighted by molar-refractivity contribution is 0.398. The minimum Gasteiger partial charge on any atom is -0.508 e. The molecule has 0 saturated carbocycles. The van der Waals surface area contributed by atoms with E-state index in [2.05, 4.69) is 15.4 Å². The molecular weight excluding hydrogens is 526 g/mol. The Morgan fingerprint density at radius 2 is 1.35 bits per heavy atom. The molecule has 218 valence electrons. The summed E-state index contributed by atoms with van der Waals surface area (Å²) >= 11 is 0. The molecule has 0 atom stereocenters. The summed E-state index contributed by atoms with van der Waals surface area (Å²) in [6.45, 7) is 3.62. The summed E-state index contributed by atoms with van der Waals surface area (Å²) in [5.41, 5.74) is 4.52. The van der Waals surface area contributed by atoms with E-state index in [1.54, 1.807) is 36.4 Å². The number of hydrogen-bond acceptors (Lipinski definition) is 7. The summed E-state index contributed by atoms with van der Waals surface area (Å²) in [7, 11) is -3.24. The Morgan fingerprint density at radius 3 is 2.00 bits per heavy atom. The molecule has 0 aliphatic carbocycles. The minimum absolute atomic E-state index is 0.0499. The molecule has 0 heterocycles. The van der Waals surface area contributed by atoms with E-state index in [1.165, 1.54) is 18.4 Å². The number of sulfonamides is 1.